The minimum atomic E-state index is -0.519. The van der Waals surface area contributed by atoms with Crippen LogP contribution in [0.15, 0.2) is 79.1 Å². The van der Waals surface area contributed by atoms with Gasteiger partial charge in [-0.2, -0.15) is 0 Å². The van der Waals surface area contributed by atoms with Crippen LogP contribution >= 0.6 is 0 Å². The molecule has 4 aromatic rings. The molecule has 0 bridgehead atoms. The number of aromatic nitrogens is 2. The summed E-state index contributed by atoms with van der Waals surface area (Å²) in [5, 5.41) is 26.0. The second-order valence-electron chi connectivity index (χ2n) is 6.22. The van der Waals surface area contributed by atoms with Crippen molar-refractivity contribution in [2.75, 3.05) is 5.32 Å². The summed E-state index contributed by atoms with van der Waals surface area (Å²) in [6.45, 7) is 0. The number of hydrogen-bond acceptors (Lipinski definition) is 6. The van der Waals surface area contributed by atoms with Crippen LogP contribution in [0.4, 0.5) is 11.4 Å². The van der Waals surface area contributed by atoms with Crippen LogP contribution in [0.3, 0.4) is 0 Å². The van der Waals surface area contributed by atoms with E-state index in [0.717, 1.165) is 5.39 Å². The number of fused-ring (bicyclic) bond motifs is 1. The van der Waals surface area contributed by atoms with E-state index in [-0.39, 0.29) is 11.4 Å². The van der Waals surface area contributed by atoms with E-state index < -0.39 is 11.0 Å². The number of anilines is 1. The Balaban J connectivity index is 1.82. The first-order chi connectivity index (χ1) is 13.6. The van der Waals surface area contributed by atoms with Crippen LogP contribution in [-0.4, -0.2) is 20.0 Å². The highest BCUT2D eigenvalue weighted by Gasteiger charge is 2.21. The standard InChI is InChI=1S/C21H16N4O3/c26-21-17(10-9-14-5-4-12-23-19(14)21)20(18-8-1-2-11-22-18)24-15-6-3-7-16(13-15)25(27)28/h1-13,20,24,26H. The third kappa shape index (κ3) is 3.33. The first-order valence-electron chi connectivity index (χ1n) is 8.62. The number of pyridine rings is 2. The number of phenols is 1. The van der Waals surface area contributed by atoms with Gasteiger partial charge < -0.3 is 10.4 Å². The van der Waals surface area contributed by atoms with Crippen LogP contribution in [0.1, 0.15) is 17.3 Å². The van der Waals surface area contributed by atoms with Crippen molar-refractivity contribution >= 4 is 22.3 Å². The minimum absolute atomic E-state index is 0.0193. The molecule has 0 saturated carbocycles. The molecule has 1 unspecified atom stereocenters. The maximum Gasteiger partial charge on any atom is 0.271 e. The molecule has 0 aliphatic heterocycles. The first-order valence-corrected chi connectivity index (χ1v) is 8.62. The number of phenolic OH excluding ortho intramolecular Hbond substituents is 1. The molecule has 2 heterocycles. The number of aromatic hydroxyl groups is 1. The highest BCUT2D eigenvalue weighted by atomic mass is 16.6. The van der Waals surface area contributed by atoms with Crippen molar-refractivity contribution in [1.82, 2.24) is 9.97 Å². The highest BCUT2D eigenvalue weighted by Crippen LogP contribution is 2.36. The van der Waals surface area contributed by atoms with E-state index in [2.05, 4.69) is 15.3 Å². The highest BCUT2D eigenvalue weighted by molar-refractivity contribution is 5.86. The number of non-ortho nitro benzene ring substituents is 1. The summed E-state index contributed by atoms with van der Waals surface area (Å²) in [6.07, 6.45) is 3.28. The van der Waals surface area contributed by atoms with Crippen molar-refractivity contribution in [2.45, 2.75) is 6.04 Å². The summed E-state index contributed by atoms with van der Waals surface area (Å²) >= 11 is 0. The fraction of sp³-hybridized carbons (Fsp3) is 0.0476. The molecular weight excluding hydrogens is 356 g/mol. The molecular formula is C21H16N4O3. The molecule has 2 aromatic carbocycles. The molecule has 7 nitrogen and oxygen atoms in total. The molecule has 0 radical (unpaired) electrons. The van der Waals surface area contributed by atoms with Crippen molar-refractivity contribution in [3.05, 3.63) is 100 Å². The monoisotopic (exact) mass is 372 g/mol. The molecule has 1 atom stereocenters. The third-order valence-electron chi connectivity index (χ3n) is 4.44. The van der Waals surface area contributed by atoms with Gasteiger partial charge in [0.05, 0.1) is 16.7 Å². The van der Waals surface area contributed by atoms with E-state index >= 15 is 0 Å². The topological polar surface area (TPSA) is 101 Å². The van der Waals surface area contributed by atoms with Gasteiger partial charge in [-0.15, -0.1) is 0 Å². The van der Waals surface area contributed by atoms with E-state index in [1.54, 1.807) is 36.7 Å². The zero-order valence-electron chi connectivity index (χ0n) is 14.7. The fourth-order valence-corrected chi connectivity index (χ4v) is 3.11. The Bertz CT molecular complexity index is 1150. The summed E-state index contributed by atoms with van der Waals surface area (Å²) in [5.74, 6) is 0.0479. The lowest BCUT2D eigenvalue weighted by atomic mass is 9.99. The van der Waals surface area contributed by atoms with Gasteiger partial charge in [-0.25, -0.2) is 0 Å². The average Bonchev–Trinajstić information content (AvgIpc) is 2.74. The van der Waals surface area contributed by atoms with Crippen LogP contribution in [0.25, 0.3) is 10.9 Å². The van der Waals surface area contributed by atoms with E-state index in [1.165, 1.54) is 12.1 Å². The average molecular weight is 372 g/mol. The molecule has 2 aromatic heterocycles. The Morgan fingerprint density at radius 2 is 1.82 bits per heavy atom. The van der Waals surface area contributed by atoms with Crippen LogP contribution in [0.5, 0.6) is 5.75 Å². The summed E-state index contributed by atoms with van der Waals surface area (Å²) in [5.41, 5.74) is 2.26. The summed E-state index contributed by atoms with van der Waals surface area (Å²) in [4.78, 5) is 19.3. The van der Waals surface area contributed by atoms with Crippen LogP contribution in [-0.2, 0) is 0 Å². The molecule has 0 amide bonds. The number of nitrogens with zero attached hydrogens (tertiary/aromatic N) is 3. The minimum Gasteiger partial charge on any atom is -0.505 e. The summed E-state index contributed by atoms with van der Waals surface area (Å²) < 4.78 is 0. The number of benzene rings is 2. The second kappa shape index (κ2) is 7.32. The lowest BCUT2D eigenvalue weighted by Gasteiger charge is -2.21. The van der Waals surface area contributed by atoms with Crippen LogP contribution in [0, 0.1) is 10.1 Å². The molecule has 0 saturated heterocycles. The Morgan fingerprint density at radius 3 is 2.61 bits per heavy atom. The van der Waals surface area contributed by atoms with Gasteiger partial charge >= 0.3 is 0 Å². The maximum absolute atomic E-state index is 11.1. The van der Waals surface area contributed by atoms with E-state index in [0.29, 0.717) is 22.5 Å². The van der Waals surface area contributed by atoms with Gasteiger partial charge in [0.25, 0.3) is 5.69 Å². The molecule has 7 heteroatoms. The van der Waals surface area contributed by atoms with Gasteiger partial charge in [-0.3, -0.25) is 20.1 Å². The maximum atomic E-state index is 11.1. The van der Waals surface area contributed by atoms with Gasteiger partial charge in [-0.05, 0) is 24.3 Å². The summed E-state index contributed by atoms with van der Waals surface area (Å²) in [7, 11) is 0. The Hall–Kier alpha value is -4.00. The van der Waals surface area contributed by atoms with Crippen molar-refractivity contribution < 1.29 is 10.0 Å². The summed E-state index contributed by atoms with van der Waals surface area (Å²) in [6, 6.07) is 18.5. The molecule has 28 heavy (non-hydrogen) atoms. The van der Waals surface area contributed by atoms with Gasteiger partial charge in [0.1, 0.15) is 11.3 Å². The Kier molecular flexibility index (Phi) is 4.55. The molecule has 2 N–H and O–H groups in total. The van der Waals surface area contributed by atoms with E-state index in [1.807, 2.05) is 30.3 Å². The fourth-order valence-electron chi connectivity index (χ4n) is 3.11. The van der Waals surface area contributed by atoms with Gasteiger partial charge in [0, 0.05) is 41.2 Å². The SMILES string of the molecule is O=[N+]([O-])c1cccc(NC(c2ccccn2)c2ccc3cccnc3c2O)c1. The van der Waals surface area contributed by atoms with Gasteiger partial charge in [0.15, 0.2) is 0 Å². The number of nitro groups is 1. The largest absolute Gasteiger partial charge is 0.505 e. The number of rotatable bonds is 5. The predicted molar refractivity (Wildman–Crippen MR) is 106 cm³/mol. The quantitative estimate of drug-likeness (QED) is 0.397. The second-order valence-corrected chi connectivity index (χ2v) is 6.22. The van der Waals surface area contributed by atoms with Gasteiger partial charge in [0.2, 0.25) is 0 Å². The lowest BCUT2D eigenvalue weighted by Crippen LogP contribution is -2.14. The van der Waals surface area contributed by atoms with Crippen molar-refractivity contribution in [3.63, 3.8) is 0 Å². The van der Waals surface area contributed by atoms with E-state index in [9.17, 15) is 15.2 Å². The van der Waals surface area contributed by atoms with E-state index in [4.69, 9.17) is 0 Å². The molecule has 138 valence electrons. The number of hydrogen-bond donors (Lipinski definition) is 2. The molecule has 0 aliphatic carbocycles. The molecule has 0 spiro atoms. The smallest absolute Gasteiger partial charge is 0.271 e. The molecule has 4 rings (SSSR count). The predicted octanol–water partition coefficient (Wildman–Crippen LogP) is 4.45. The van der Waals surface area contributed by atoms with Gasteiger partial charge in [-0.1, -0.05) is 30.3 Å². The van der Waals surface area contributed by atoms with Crippen molar-refractivity contribution in [1.29, 1.82) is 0 Å². The van der Waals surface area contributed by atoms with Crippen molar-refractivity contribution in [3.8, 4) is 5.75 Å². The normalized spacial score (nSPS) is 11.9. The first kappa shape index (κ1) is 17.4. The number of nitrogens with one attached hydrogen (secondary N) is 1. The number of nitro benzene ring substituents is 1. The zero-order chi connectivity index (χ0) is 19.5. The zero-order valence-corrected chi connectivity index (χ0v) is 14.7. The lowest BCUT2D eigenvalue weighted by molar-refractivity contribution is -0.384. The molecule has 0 fully saturated rings. The van der Waals surface area contributed by atoms with Crippen LogP contribution < -0.4 is 5.32 Å². The molecule has 0 aliphatic rings. The van der Waals surface area contributed by atoms with Crippen molar-refractivity contribution in [2.24, 2.45) is 0 Å². The Morgan fingerprint density at radius 1 is 0.964 bits per heavy atom. The third-order valence-corrected chi connectivity index (χ3v) is 4.44. The van der Waals surface area contributed by atoms with Crippen LogP contribution in [0.2, 0.25) is 0 Å². The Labute approximate surface area is 160 Å².